The van der Waals surface area contributed by atoms with Gasteiger partial charge in [0.25, 0.3) is 0 Å². The quantitative estimate of drug-likeness (QED) is 0.724. The Hall–Kier alpha value is -0.360. The normalized spacial score (nSPS) is 17.9. The van der Waals surface area contributed by atoms with Crippen molar-refractivity contribution >= 4 is 35.5 Å². The van der Waals surface area contributed by atoms with Gasteiger partial charge in [0.1, 0.15) is 0 Å². The Balaban J connectivity index is 3.00. The summed E-state index contributed by atoms with van der Waals surface area (Å²) >= 11 is 2.89. The zero-order chi connectivity index (χ0) is 11.5. The average molecular weight is 250 g/mol. The molecule has 0 aromatic heterocycles. The molecule has 0 atom stereocenters. The highest BCUT2D eigenvalue weighted by atomic mass is 32.2. The van der Waals surface area contributed by atoms with E-state index in [1.165, 1.54) is 23.5 Å². The number of carboxylic acid groups (broad SMARTS) is 2. The lowest BCUT2D eigenvalue weighted by molar-refractivity contribution is -0.163. The molecule has 4 nitrogen and oxygen atoms in total. The molecule has 0 saturated carbocycles. The van der Waals surface area contributed by atoms with Crippen LogP contribution in [0.5, 0.6) is 0 Å². The van der Waals surface area contributed by atoms with Crippen LogP contribution in [-0.4, -0.2) is 38.2 Å². The van der Waals surface area contributed by atoms with Crippen LogP contribution in [-0.2, 0) is 9.59 Å². The summed E-state index contributed by atoms with van der Waals surface area (Å²) in [6, 6.07) is 0. The Labute approximate surface area is 96.8 Å². The standard InChI is InChI=1S/C9H14O4S2/c1-2-3-9(6(10)11,7(12)13)8-14-4-5-15-8/h8H,2-5H2,1H3,(H,10,11)(H,12,13). The molecule has 1 aliphatic rings. The Morgan fingerprint density at radius 3 is 2.07 bits per heavy atom. The first-order valence-electron chi connectivity index (χ1n) is 4.75. The van der Waals surface area contributed by atoms with Gasteiger partial charge in [0, 0.05) is 11.5 Å². The van der Waals surface area contributed by atoms with Gasteiger partial charge in [-0.1, -0.05) is 13.3 Å². The molecule has 2 N–H and O–H groups in total. The monoisotopic (exact) mass is 250 g/mol. The third-order valence-electron chi connectivity index (χ3n) is 2.43. The van der Waals surface area contributed by atoms with E-state index in [1.54, 1.807) is 0 Å². The van der Waals surface area contributed by atoms with Crippen LogP contribution in [0.4, 0.5) is 0 Å². The second kappa shape index (κ2) is 5.12. The van der Waals surface area contributed by atoms with Gasteiger partial charge < -0.3 is 10.2 Å². The van der Waals surface area contributed by atoms with E-state index >= 15 is 0 Å². The minimum Gasteiger partial charge on any atom is -0.480 e. The fourth-order valence-corrected chi connectivity index (χ4v) is 5.03. The van der Waals surface area contributed by atoms with E-state index in [4.69, 9.17) is 0 Å². The Kier molecular flexibility index (Phi) is 4.33. The van der Waals surface area contributed by atoms with Crippen molar-refractivity contribution in [3.63, 3.8) is 0 Å². The molecule has 0 spiro atoms. The Morgan fingerprint density at radius 2 is 1.73 bits per heavy atom. The van der Waals surface area contributed by atoms with Gasteiger partial charge in [-0.2, -0.15) is 0 Å². The van der Waals surface area contributed by atoms with Gasteiger partial charge in [0.15, 0.2) is 5.41 Å². The molecule has 0 bridgehead atoms. The number of hydrogen-bond acceptors (Lipinski definition) is 4. The van der Waals surface area contributed by atoms with E-state index in [-0.39, 0.29) is 11.0 Å². The number of thioether (sulfide) groups is 2. The molecule has 15 heavy (non-hydrogen) atoms. The maximum absolute atomic E-state index is 11.2. The predicted molar refractivity (Wildman–Crippen MR) is 61.3 cm³/mol. The van der Waals surface area contributed by atoms with Crippen molar-refractivity contribution < 1.29 is 19.8 Å². The zero-order valence-corrected chi connectivity index (χ0v) is 10.1. The summed E-state index contributed by atoms with van der Waals surface area (Å²) in [6.07, 6.45) is 0.762. The number of carboxylic acids is 2. The zero-order valence-electron chi connectivity index (χ0n) is 8.43. The Morgan fingerprint density at radius 1 is 1.27 bits per heavy atom. The van der Waals surface area contributed by atoms with E-state index < -0.39 is 17.4 Å². The third-order valence-corrected chi connectivity index (χ3v) is 5.80. The molecule has 6 heteroatoms. The van der Waals surface area contributed by atoms with E-state index in [0.717, 1.165) is 11.5 Å². The minimum absolute atomic E-state index is 0.197. The van der Waals surface area contributed by atoms with Gasteiger partial charge in [-0.05, 0) is 6.42 Å². The molecule has 1 aliphatic heterocycles. The molecule has 86 valence electrons. The van der Waals surface area contributed by atoms with Gasteiger partial charge in [-0.3, -0.25) is 9.59 Å². The van der Waals surface area contributed by atoms with Gasteiger partial charge in [-0.15, -0.1) is 23.5 Å². The second-order valence-corrected chi connectivity index (χ2v) is 6.13. The van der Waals surface area contributed by atoms with Gasteiger partial charge in [-0.25, -0.2) is 0 Å². The largest absolute Gasteiger partial charge is 0.480 e. The number of aliphatic carboxylic acids is 2. The van der Waals surface area contributed by atoms with Crippen molar-refractivity contribution in [1.29, 1.82) is 0 Å². The number of hydrogen-bond donors (Lipinski definition) is 2. The van der Waals surface area contributed by atoms with Crippen molar-refractivity contribution in [3.05, 3.63) is 0 Å². The predicted octanol–water partition coefficient (Wildman–Crippen LogP) is 1.75. The number of rotatable bonds is 5. The SMILES string of the molecule is CCCC(C(=O)O)(C(=O)O)C1SCCS1. The molecular formula is C9H14O4S2. The molecule has 0 aromatic carbocycles. The van der Waals surface area contributed by atoms with Crippen LogP contribution in [0.1, 0.15) is 19.8 Å². The summed E-state index contributed by atoms with van der Waals surface area (Å²) in [6.45, 7) is 1.81. The molecule has 1 saturated heterocycles. The van der Waals surface area contributed by atoms with Crippen molar-refractivity contribution in [3.8, 4) is 0 Å². The maximum atomic E-state index is 11.2. The number of carbonyl (C=O) groups is 2. The fraction of sp³-hybridized carbons (Fsp3) is 0.778. The second-order valence-electron chi connectivity index (χ2n) is 3.41. The first-order chi connectivity index (χ1) is 7.05. The summed E-state index contributed by atoms with van der Waals surface area (Å²) < 4.78 is -0.354. The summed E-state index contributed by atoms with van der Waals surface area (Å²) in [4.78, 5) is 22.5. The highest BCUT2D eigenvalue weighted by Crippen LogP contribution is 2.47. The highest BCUT2D eigenvalue weighted by molar-refractivity contribution is 8.20. The van der Waals surface area contributed by atoms with Crippen LogP contribution in [0.3, 0.4) is 0 Å². The first kappa shape index (κ1) is 12.7. The molecule has 1 rings (SSSR count). The third kappa shape index (κ3) is 2.25. The van der Waals surface area contributed by atoms with E-state index in [1.807, 2.05) is 6.92 Å². The van der Waals surface area contributed by atoms with E-state index in [0.29, 0.717) is 6.42 Å². The summed E-state index contributed by atoms with van der Waals surface area (Å²) in [7, 11) is 0. The lowest BCUT2D eigenvalue weighted by Gasteiger charge is -2.29. The molecule has 1 heterocycles. The van der Waals surface area contributed by atoms with Gasteiger partial charge >= 0.3 is 11.9 Å². The molecule has 0 radical (unpaired) electrons. The van der Waals surface area contributed by atoms with E-state index in [2.05, 4.69) is 0 Å². The van der Waals surface area contributed by atoms with Crippen LogP contribution in [0.15, 0.2) is 0 Å². The van der Waals surface area contributed by atoms with Crippen molar-refractivity contribution in [2.75, 3.05) is 11.5 Å². The summed E-state index contributed by atoms with van der Waals surface area (Å²) in [5.74, 6) is -0.740. The first-order valence-corrected chi connectivity index (χ1v) is 6.85. The lowest BCUT2D eigenvalue weighted by Crippen LogP contribution is -2.45. The van der Waals surface area contributed by atoms with Crippen LogP contribution < -0.4 is 0 Å². The van der Waals surface area contributed by atoms with Crippen molar-refractivity contribution in [1.82, 2.24) is 0 Å². The van der Waals surface area contributed by atoms with Crippen LogP contribution >= 0.6 is 23.5 Å². The molecule has 0 aromatic rings. The van der Waals surface area contributed by atoms with Gasteiger partial charge in [0.05, 0.1) is 4.58 Å². The molecule has 1 fully saturated rings. The van der Waals surface area contributed by atoms with Crippen molar-refractivity contribution in [2.45, 2.75) is 24.3 Å². The lowest BCUT2D eigenvalue weighted by atomic mass is 9.85. The molecular weight excluding hydrogens is 236 g/mol. The Bertz CT molecular complexity index is 247. The molecule has 0 amide bonds. The van der Waals surface area contributed by atoms with Crippen molar-refractivity contribution in [2.24, 2.45) is 5.41 Å². The maximum Gasteiger partial charge on any atom is 0.323 e. The van der Waals surface area contributed by atoms with Crippen LogP contribution in [0.2, 0.25) is 0 Å². The van der Waals surface area contributed by atoms with Crippen LogP contribution in [0, 0.1) is 5.41 Å². The average Bonchev–Trinajstić information content (AvgIpc) is 2.65. The summed E-state index contributed by atoms with van der Waals surface area (Å²) in [5.41, 5.74) is -1.61. The molecule has 0 unspecified atom stereocenters. The van der Waals surface area contributed by atoms with Crippen LogP contribution in [0.25, 0.3) is 0 Å². The molecule has 0 aliphatic carbocycles. The fourth-order valence-electron chi connectivity index (χ4n) is 1.66. The van der Waals surface area contributed by atoms with E-state index in [9.17, 15) is 19.8 Å². The summed E-state index contributed by atoms with van der Waals surface area (Å²) in [5, 5.41) is 18.4. The van der Waals surface area contributed by atoms with Gasteiger partial charge in [0.2, 0.25) is 0 Å². The topological polar surface area (TPSA) is 74.6 Å². The highest BCUT2D eigenvalue weighted by Gasteiger charge is 2.54. The smallest absolute Gasteiger partial charge is 0.323 e. The minimum atomic E-state index is -1.61.